The Morgan fingerprint density at radius 2 is 1.57 bits per heavy atom. The summed E-state index contributed by atoms with van der Waals surface area (Å²) in [5.41, 5.74) is 2.94. The van der Waals surface area contributed by atoms with E-state index in [0.717, 1.165) is 22.6 Å². The molecule has 1 atom stereocenters. The first-order valence-electron chi connectivity index (χ1n) is 9.26. The summed E-state index contributed by atoms with van der Waals surface area (Å²) in [7, 11) is 1.63. The molecule has 5 nitrogen and oxygen atoms in total. The molecule has 0 fully saturated rings. The zero-order valence-corrected chi connectivity index (χ0v) is 17.6. The highest BCUT2D eigenvalue weighted by Crippen LogP contribution is 2.24. The van der Waals surface area contributed by atoms with Gasteiger partial charge in [-0.1, -0.05) is 43.7 Å². The molecule has 0 bridgehead atoms. The SMILES string of the molecule is COc1ccc(C(NC(=O)CSCC(=O)Nc2ccc(C)cc2)C(C)C)cc1. The van der Waals surface area contributed by atoms with Gasteiger partial charge in [-0.15, -0.1) is 11.8 Å². The molecule has 2 amide bonds. The number of hydrogen-bond acceptors (Lipinski definition) is 4. The lowest BCUT2D eigenvalue weighted by Crippen LogP contribution is -2.33. The summed E-state index contributed by atoms with van der Waals surface area (Å²) in [5.74, 6) is 1.30. The first-order valence-corrected chi connectivity index (χ1v) is 10.4. The topological polar surface area (TPSA) is 67.4 Å². The van der Waals surface area contributed by atoms with E-state index in [1.807, 2.05) is 55.5 Å². The van der Waals surface area contributed by atoms with Crippen LogP contribution in [0.15, 0.2) is 48.5 Å². The number of hydrogen-bond donors (Lipinski definition) is 2. The number of ether oxygens (including phenoxy) is 1. The number of benzene rings is 2. The van der Waals surface area contributed by atoms with Crippen LogP contribution in [0.2, 0.25) is 0 Å². The quantitative estimate of drug-likeness (QED) is 0.662. The zero-order valence-electron chi connectivity index (χ0n) is 16.8. The van der Waals surface area contributed by atoms with E-state index in [1.54, 1.807) is 7.11 Å². The molecule has 150 valence electrons. The number of nitrogens with one attached hydrogen (secondary N) is 2. The lowest BCUT2D eigenvalue weighted by Gasteiger charge is -2.23. The van der Waals surface area contributed by atoms with E-state index in [4.69, 9.17) is 4.74 Å². The number of carbonyl (C=O) groups is 2. The summed E-state index contributed by atoms with van der Waals surface area (Å²) in [6.45, 7) is 6.13. The van der Waals surface area contributed by atoms with Crippen LogP contribution in [0.25, 0.3) is 0 Å². The fourth-order valence-corrected chi connectivity index (χ4v) is 3.36. The fraction of sp³-hybridized carbons (Fsp3) is 0.364. The molecule has 6 heteroatoms. The first kappa shape index (κ1) is 21.8. The Bertz CT molecular complexity index is 773. The van der Waals surface area contributed by atoms with Crippen LogP contribution >= 0.6 is 11.8 Å². The van der Waals surface area contributed by atoms with Crippen molar-refractivity contribution in [2.45, 2.75) is 26.8 Å². The maximum atomic E-state index is 12.3. The first-order chi connectivity index (χ1) is 13.4. The summed E-state index contributed by atoms with van der Waals surface area (Å²) < 4.78 is 5.19. The second-order valence-electron chi connectivity index (χ2n) is 6.97. The molecule has 0 aliphatic heterocycles. The monoisotopic (exact) mass is 400 g/mol. The molecule has 0 aliphatic rings. The van der Waals surface area contributed by atoms with Gasteiger partial charge in [-0.3, -0.25) is 9.59 Å². The third-order valence-corrected chi connectivity index (χ3v) is 5.19. The summed E-state index contributed by atoms with van der Waals surface area (Å²) >= 11 is 1.30. The summed E-state index contributed by atoms with van der Waals surface area (Å²) in [5, 5.41) is 5.90. The molecule has 2 N–H and O–H groups in total. The Morgan fingerprint density at radius 3 is 2.14 bits per heavy atom. The van der Waals surface area contributed by atoms with E-state index in [9.17, 15) is 9.59 Å². The normalized spacial score (nSPS) is 11.8. The molecule has 0 spiro atoms. The van der Waals surface area contributed by atoms with E-state index < -0.39 is 0 Å². The minimum absolute atomic E-state index is 0.0809. The Hall–Kier alpha value is -2.47. The van der Waals surface area contributed by atoms with Crippen LogP contribution in [-0.4, -0.2) is 30.4 Å². The Morgan fingerprint density at radius 1 is 0.964 bits per heavy atom. The average Bonchev–Trinajstić information content (AvgIpc) is 2.68. The van der Waals surface area contributed by atoms with E-state index in [0.29, 0.717) is 0 Å². The van der Waals surface area contributed by atoms with Crippen molar-refractivity contribution in [3.8, 4) is 5.75 Å². The third kappa shape index (κ3) is 6.93. The van der Waals surface area contributed by atoms with Crippen molar-refractivity contribution in [2.75, 3.05) is 23.9 Å². The van der Waals surface area contributed by atoms with Crippen molar-refractivity contribution >= 4 is 29.3 Å². The largest absolute Gasteiger partial charge is 0.497 e. The highest BCUT2D eigenvalue weighted by Gasteiger charge is 2.18. The third-order valence-electron chi connectivity index (χ3n) is 4.26. The second kappa shape index (κ2) is 10.8. The minimum atomic E-state index is -0.114. The van der Waals surface area contributed by atoms with Gasteiger partial charge in [0.1, 0.15) is 5.75 Å². The van der Waals surface area contributed by atoms with Crippen molar-refractivity contribution in [1.29, 1.82) is 0 Å². The van der Waals surface area contributed by atoms with Gasteiger partial charge >= 0.3 is 0 Å². The molecule has 0 radical (unpaired) electrons. The fourth-order valence-electron chi connectivity index (χ4n) is 2.73. The molecule has 28 heavy (non-hydrogen) atoms. The summed E-state index contributed by atoms with van der Waals surface area (Å²) in [6.07, 6.45) is 0. The number of thioether (sulfide) groups is 1. The lowest BCUT2D eigenvalue weighted by molar-refractivity contribution is -0.119. The van der Waals surface area contributed by atoms with Crippen molar-refractivity contribution in [3.63, 3.8) is 0 Å². The van der Waals surface area contributed by atoms with Crippen LogP contribution in [0.5, 0.6) is 5.75 Å². The van der Waals surface area contributed by atoms with Gasteiger partial charge in [0.25, 0.3) is 0 Å². The van der Waals surface area contributed by atoms with Crippen LogP contribution in [0.4, 0.5) is 5.69 Å². The van der Waals surface area contributed by atoms with Gasteiger partial charge in [0.15, 0.2) is 0 Å². The van der Waals surface area contributed by atoms with E-state index in [2.05, 4.69) is 24.5 Å². The number of methoxy groups -OCH3 is 1. The molecular weight excluding hydrogens is 372 g/mol. The highest BCUT2D eigenvalue weighted by molar-refractivity contribution is 8.00. The zero-order chi connectivity index (χ0) is 20.5. The summed E-state index contributed by atoms with van der Waals surface area (Å²) in [4.78, 5) is 24.4. The predicted molar refractivity (Wildman–Crippen MR) is 116 cm³/mol. The van der Waals surface area contributed by atoms with Crippen molar-refractivity contribution in [2.24, 2.45) is 5.92 Å². The van der Waals surface area contributed by atoms with E-state index in [-0.39, 0.29) is 35.3 Å². The number of rotatable bonds is 9. The Kier molecular flexibility index (Phi) is 8.39. The Labute approximate surface area is 171 Å². The van der Waals surface area contributed by atoms with Gasteiger partial charge in [-0.25, -0.2) is 0 Å². The maximum Gasteiger partial charge on any atom is 0.234 e. The van der Waals surface area contributed by atoms with Gasteiger partial charge in [0.2, 0.25) is 11.8 Å². The standard InChI is InChI=1S/C22H28N2O3S/c1-15(2)22(17-7-11-19(27-4)12-8-17)24-21(26)14-28-13-20(25)23-18-9-5-16(3)6-10-18/h5-12,15,22H,13-14H2,1-4H3,(H,23,25)(H,24,26). The predicted octanol–water partition coefficient (Wildman–Crippen LogP) is 4.19. The van der Waals surface area contributed by atoms with E-state index in [1.165, 1.54) is 11.8 Å². The second-order valence-corrected chi connectivity index (χ2v) is 7.95. The molecule has 0 aromatic heterocycles. The van der Waals surface area contributed by atoms with Gasteiger partial charge < -0.3 is 15.4 Å². The summed E-state index contributed by atoms with van der Waals surface area (Å²) in [6, 6.07) is 15.3. The molecular formula is C22H28N2O3S. The number of carbonyl (C=O) groups excluding carboxylic acids is 2. The van der Waals surface area contributed by atoms with Crippen molar-refractivity contribution in [3.05, 3.63) is 59.7 Å². The van der Waals surface area contributed by atoms with Crippen LogP contribution < -0.4 is 15.4 Å². The van der Waals surface area contributed by atoms with Crippen LogP contribution in [0, 0.1) is 12.8 Å². The van der Waals surface area contributed by atoms with Gasteiger partial charge in [-0.05, 0) is 42.7 Å². The molecule has 0 heterocycles. The van der Waals surface area contributed by atoms with Crippen LogP contribution in [-0.2, 0) is 9.59 Å². The lowest BCUT2D eigenvalue weighted by atomic mass is 9.96. The van der Waals surface area contributed by atoms with E-state index >= 15 is 0 Å². The molecule has 0 saturated heterocycles. The smallest absolute Gasteiger partial charge is 0.234 e. The average molecular weight is 401 g/mol. The van der Waals surface area contributed by atoms with Crippen molar-refractivity contribution < 1.29 is 14.3 Å². The van der Waals surface area contributed by atoms with Gasteiger partial charge in [0, 0.05) is 5.69 Å². The molecule has 0 saturated carbocycles. The van der Waals surface area contributed by atoms with Crippen LogP contribution in [0.1, 0.15) is 31.0 Å². The molecule has 1 unspecified atom stereocenters. The molecule has 0 aliphatic carbocycles. The Balaban J connectivity index is 1.80. The van der Waals surface area contributed by atoms with Crippen LogP contribution in [0.3, 0.4) is 0 Å². The van der Waals surface area contributed by atoms with Crippen molar-refractivity contribution in [1.82, 2.24) is 5.32 Å². The highest BCUT2D eigenvalue weighted by atomic mass is 32.2. The molecule has 2 rings (SSSR count). The maximum absolute atomic E-state index is 12.3. The number of anilines is 1. The van der Waals surface area contributed by atoms with Gasteiger partial charge in [0.05, 0.1) is 24.7 Å². The molecule has 2 aromatic carbocycles. The van der Waals surface area contributed by atoms with Gasteiger partial charge in [-0.2, -0.15) is 0 Å². The molecule has 2 aromatic rings. The number of amides is 2. The minimum Gasteiger partial charge on any atom is -0.497 e. The number of aryl methyl sites for hydroxylation is 1.